The van der Waals surface area contributed by atoms with E-state index in [2.05, 4.69) is 34.7 Å². The molecule has 128 valence electrons. The Bertz CT molecular complexity index is 212. The van der Waals surface area contributed by atoms with Gasteiger partial charge in [0, 0.05) is 5.97 Å². The molecule has 0 heterocycles. The van der Waals surface area contributed by atoms with E-state index in [0.717, 1.165) is 19.3 Å². The van der Waals surface area contributed by atoms with Gasteiger partial charge in [-0.2, -0.15) is 0 Å². The van der Waals surface area contributed by atoms with Gasteiger partial charge in [-0.1, -0.05) is 53.4 Å². The van der Waals surface area contributed by atoms with Crippen molar-refractivity contribution in [1.29, 1.82) is 0 Å². The number of carboxylic acids is 1. The van der Waals surface area contributed by atoms with Gasteiger partial charge in [0.15, 0.2) is 0 Å². The van der Waals surface area contributed by atoms with Gasteiger partial charge in [0.05, 0.1) is 26.7 Å². The number of hydrogen-bond donors (Lipinski definition) is 0. The van der Waals surface area contributed by atoms with E-state index in [1.807, 2.05) is 0 Å². The van der Waals surface area contributed by atoms with Gasteiger partial charge in [-0.15, -0.1) is 0 Å². The van der Waals surface area contributed by atoms with Crippen LogP contribution >= 0.6 is 0 Å². The maximum Gasteiger partial charge on any atom is 0.0781 e. The summed E-state index contributed by atoms with van der Waals surface area (Å²) < 4.78 is 1.28. The zero-order chi connectivity index (χ0) is 16.6. The second kappa shape index (κ2) is 15.8. The van der Waals surface area contributed by atoms with Crippen LogP contribution in [0.4, 0.5) is 0 Å². The van der Waals surface area contributed by atoms with Gasteiger partial charge in [-0.05, 0) is 32.1 Å². The highest BCUT2D eigenvalue weighted by Gasteiger charge is 2.16. The Labute approximate surface area is 133 Å². The van der Waals surface area contributed by atoms with E-state index < -0.39 is 5.97 Å². The van der Waals surface area contributed by atoms with Crippen molar-refractivity contribution >= 4 is 5.97 Å². The Morgan fingerprint density at radius 1 is 0.762 bits per heavy atom. The molecule has 0 aliphatic rings. The third-order valence-corrected chi connectivity index (χ3v) is 3.77. The summed E-state index contributed by atoms with van der Waals surface area (Å²) in [6.45, 7) is 13.0. The van der Waals surface area contributed by atoms with Crippen molar-refractivity contribution < 1.29 is 14.4 Å². The number of nitrogens with zero attached hydrogens (tertiary/aromatic N) is 1. The van der Waals surface area contributed by atoms with Crippen molar-refractivity contribution in [1.82, 2.24) is 0 Å². The summed E-state index contributed by atoms with van der Waals surface area (Å²) in [5.41, 5.74) is 0. The number of unbranched alkanes of at least 4 members (excludes halogenated alkanes) is 4. The fourth-order valence-corrected chi connectivity index (χ4v) is 2.83. The van der Waals surface area contributed by atoms with Crippen molar-refractivity contribution in [2.75, 3.05) is 26.7 Å². The van der Waals surface area contributed by atoms with Crippen LogP contribution in [0.5, 0.6) is 0 Å². The van der Waals surface area contributed by atoms with Crippen LogP contribution in [-0.2, 0) is 4.79 Å². The lowest BCUT2D eigenvalue weighted by Gasteiger charge is -2.33. The van der Waals surface area contributed by atoms with Crippen LogP contribution < -0.4 is 5.11 Å². The minimum atomic E-state index is -0.920. The van der Waals surface area contributed by atoms with E-state index >= 15 is 0 Å². The maximum atomic E-state index is 9.92. The lowest BCUT2D eigenvalue weighted by Crippen LogP contribution is -2.45. The van der Waals surface area contributed by atoms with Crippen LogP contribution in [0.1, 0.15) is 85.5 Å². The Balaban J connectivity index is 0. The van der Waals surface area contributed by atoms with Crippen molar-refractivity contribution in [3.05, 3.63) is 0 Å². The summed E-state index contributed by atoms with van der Waals surface area (Å²) in [5.74, 6) is -0.920. The lowest BCUT2D eigenvalue weighted by atomic mass is 10.1. The molecular weight excluding hydrogens is 262 g/mol. The third-order valence-electron chi connectivity index (χ3n) is 3.77. The van der Waals surface area contributed by atoms with E-state index in [-0.39, 0.29) is 6.42 Å². The molecule has 0 aromatic rings. The Kier molecular flexibility index (Phi) is 17.1. The van der Waals surface area contributed by atoms with Crippen molar-refractivity contribution in [2.45, 2.75) is 85.5 Å². The van der Waals surface area contributed by atoms with Gasteiger partial charge in [0.25, 0.3) is 0 Å². The van der Waals surface area contributed by atoms with Crippen molar-refractivity contribution in [2.24, 2.45) is 0 Å². The summed E-state index contributed by atoms with van der Waals surface area (Å²) in [4.78, 5) is 9.92. The molecule has 0 fully saturated rings. The SMILES string of the molecule is CCCCCCCC(=O)[O-].CCC[N+](C)(CCC)CCC. The van der Waals surface area contributed by atoms with E-state index in [9.17, 15) is 9.90 Å². The zero-order valence-electron chi connectivity index (χ0n) is 15.2. The van der Waals surface area contributed by atoms with Crippen molar-refractivity contribution in [3.63, 3.8) is 0 Å². The van der Waals surface area contributed by atoms with Crippen LogP contribution in [0.15, 0.2) is 0 Å². The summed E-state index contributed by atoms with van der Waals surface area (Å²) in [6.07, 6.45) is 9.56. The molecule has 0 unspecified atom stereocenters. The molecule has 21 heavy (non-hydrogen) atoms. The molecule has 0 N–H and O–H groups in total. The first kappa shape index (κ1) is 22.7. The average molecular weight is 302 g/mol. The largest absolute Gasteiger partial charge is 0.550 e. The highest BCUT2D eigenvalue weighted by molar-refractivity contribution is 5.63. The summed E-state index contributed by atoms with van der Waals surface area (Å²) >= 11 is 0. The number of carbonyl (C=O) groups is 1. The number of hydrogen-bond acceptors (Lipinski definition) is 2. The normalized spacial score (nSPS) is 10.9. The van der Waals surface area contributed by atoms with Gasteiger partial charge in [0.2, 0.25) is 0 Å². The van der Waals surface area contributed by atoms with Crippen LogP contribution in [0.2, 0.25) is 0 Å². The molecule has 0 atom stereocenters. The fourth-order valence-electron chi connectivity index (χ4n) is 2.83. The molecule has 0 bridgehead atoms. The molecule has 0 spiro atoms. The molecule has 3 nitrogen and oxygen atoms in total. The molecule has 0 saturated heterocycles. The molecule has 0 aromatic carbocycles. The smallest absolute Gasteiger partial charge is 0.0781 e. The molecule has 0 amide bonds. The molecule has 0 radical (unpaired) electrons. The molecule has 0 rings (SSSR count). The van der Waals surface area contributed by atoms with Crippen LogP contribution in [0.3, 0.4) is 0 Å². The highest BCUT2D eigenvalue weighted by atomic mass is 16.4. The van der Waals surface area contributed by atoms with Crippen LogP contribution in [0, 0.1) is 0 Å². The quantitative estimate of drug-likeness (QED) is 0.407. The molecule has 0 saturated carbocycles. The van der Waals surface area contributed by atoms with E-state index in [1.54, 1.807) is 0 Å². The second-order valence-corrected chi connectivity index (χ2v) is 6.33. The Morgan fingerprint density at radius 3 is 1.52 bits per heavy atom. The molecular formula is C18H39NO2. The first-order chi connectivity index (χ1) is 9.95. The van der Waals surface area contributed by atoms with E-state index in [0.29, 0.717) is 0 Å². The third kappa shape index (κ3) is 17.4. The van der Waals surface area contributed by atoms with Gasteiger partial charge >= 0.3 is 0 Å². The zero-order valence-corrected chi connectivity index (χ0v) is 15.2. The average Bonchev–Trinajstić information content (AvgIpc) is 2.39. The van der Waals surface area contributed by atoms with Crippen LogP contribution in [0.25, 0.3) is 0 Å². The molecule has 0 aromatic heterocycles. The standard InChI is InChI=1S/C10H24N.C8H16O2/c1-5-8-11(4,9-6-2)10-7-3;1-2-3-4-5-6-7-8(9)10/h5-10H2,1-4H3;2-7H2,1H3,(H,9,10)/q+1;/p-1. The minimum Gasteiger partial charge on any atom is -0.550 e. The van der Waals surface area contributed by atoms with Crippen LogP contribution in [-0.4, -0.2) is 37.1 Å². The van der Waals surface area contributed by atoms with E-state index in [4.69, 9.17) is 0 Å². The highest BCUT2D eigenvalue weighted by Crippen LogP contribution is 2.06. The van der Waals surface area contributed by atoms with Gasteiger partial charge in [-0.25, -0.2) is 0 Å². The Morgan fingerprint density at radius 2 is 1.19 bits per heavy atom. The van der Waals surface area contributed by atoms with E-state index in [1.165, 1.54) is 56.2 Å². The summed E-state index contributed by atoms with van der Waals surface area (Å²) in [7, 11) is 2.39. The first-order valence-electron chi connectivity index (χ1n) is 8.99. The van der Waals surface area contributed by atoms with Gasteiger partial charge in [0.1, 0.15) is 0 Å². The Hall–Kier alpha value is -0.570. The predicted octanol–water partition coefficient (Wildman–Crippen LogP) is 3.76. The molecule has 3 heteroatoms. The first-order valence-corrected chi connectivity index (χ1v) is 8.99. The van der Waals surface area contributed by atoms with Gasteiger partial charge < -0.3 is 14.4 Å². The number of carboxylic acid groups (broad SMARTS) is 1. The summed E-state index contributed by atoms with van der Waals surface area (Å²) in [5, 5.41) is 9.92. The molecule has 0 aliphatic heterocycles. The number of rotatable bonds is 12. The topological polar surface area (TPSA) is 40.1 Å². The van der Waals surface area contributed by atoms with Crippen molar-refractivity contribution in [3.8, 4) is 0 Å². The lowest BCUT2D eigenvalue weighted by molar-refractivity contribution is -0.909. The molecule has 0 aliphatic carbocycles. The fraction of sp³-hybridized carbons (Fsp3) is 0.944. The second-order valence-electron chi connectivity index (χ2n) is 6.33. The monoisotopic (exact) mass is 301 g/mol. The maximum absolute atomic E-state index is 9.92. The summed E-state index contributed by atoms with van der Waals surface area (Å²) in [6, 6.07) is 0. The van der Waals surface area contributed by atoms with Gasteiger partial charge in [-0.3, -0.25) is 0 Å². The predicted molar refractivity (Wildman–Crippen MR) is 90.0 cm³/mol. The number of carbonyl (C=O) groups excluding carboxylic acids is 1. The number of aliphatic carboxylic acids is 1. The number of quaternary nitrogens is 1. The minimum absolute atomic E-state index is 0.226.